The van der Waals surface area contributed by atoms with Gasteiger partial charge in [-0.05, 0) is 24.3 Å². The fraction of sp³-hybridized carbons (Fsp3) is 0. The van der Waals surface area contributed by atoms with Gasteiger partial charge < -0.3 is 4.98 Å². The SMILES string of the molecule is c1cnc2c(c1)sc1cnc3c4ncc5sc6cccnc6c5c4[nH]c3c12. The van der Waals surface area contributed by atoms with Crippen molar-refractivity contribution < 1.29 is 0 Å². The van der Waals surface area contributed by atoms with Crippen LogP contribution in [0.4, 0.5) is 0 Å². The molecule has 0 unspecified atom stereocenters. The van der Waals surface area contributed by atoms with E-state index in [0.717, 1.165) is 53.3 Å². The molecule has 7 rings (SSSR count). The lowest BCUT2D eigenvalue weighted by molar-refractivity contribution is 1.42. The first-order valence-corrected chi connectivity index (χ1v) is 10.1. The summed E-state index contributed by atoms with van der Waals surface area (Å²) in [5.41, 5.74) is 5.81. The zero-order valence-corrected chi connectivity index (χ0v) is 15.4. The van der Waals surface area contributed by atoms with Gasteiger partial charge in [0.05, 0.1) is 40.9 Å². The highest BCUT2D eigenvalue weighted by atomic mass is 32.1. The van der Waals surface area contributed by atoms with E-state index in [-0.39, 0.29) is 0 Å². The lowest BCUT2D eigenvalue weighted by Gasteiger charge is -1.93. The van der Waals surface area contributed by atoms with Crippen LogP contribution in [0, 0.1) is 0 Å². The van der Waals surface area contributed by atoms with Crippen LogP contribution >= 0.6 is 22.7 Å². The van der Waals surface area contributed by atoms with Crippen LogP contribution in [0.1, 0.15) is 0 Å². The predicted molar refractivity (Wildman–Crippen MR) is 113 cm³/mol. The molecule has 0 amide bonds. The Balaban J connectivity index is 1.78. The van der Waals surface area contributed by atoms with Gasteiger partial charge in [0.1, 0.15) is 11.0 Å². The summed E-state index contributed by atoms with van der Waals surface area (Å²) in [5.74, 6) is 0. The van der Waals surface area contributed by atoms with E-state index in [1.165, 1.54) is 9.40 Å². The second-order valence-electron chi connectivity index (χ2n) is 6.47. The average molecular weight is 383 g/mol. The third-order valence-electron chi connectivity index (χ3n) is 5.02. The summed E-state index contributed by atoms with van der Waals surface area (Å²) in [6.45, 7) is 0. The standard InChI is InChI=1S/C20H9N5S2/c1-3-9-15(21-5-1)13-11(26-9)7-23-19-17(13)25-18-14-12(8-24-20(18)19)27-10-4-2-6-22-16(10)14/h1-8,25H. The summed E-state index contributed by atoms with van der Waals surface area (Å²) in [7, 11) is 0. The number of hydrogen-bond acceptors (Lipinski definition) is 6. The minimum atomic E-state index is 0.889. The molecule has 0 aliphatic carbocycles. The van der Waals surface area contributed by atoms with Gasteiger partial charge in [0.15, 0.2) is 0 Å². The van der Waals surface area contributed by atoms with Crippen LogP contribution in [0.25, 0.3) is 62.7 Å². The van der Waals surface area contributed by atoms with Crippen LogP contribution in [0.15, 0.2) is 49.1 Å². The number of nitrogens with one attached hydrogen (secondary N) is 1. The van der Waals surface area contributed by atoms with E-state index in [0.29, 0.717) is 0 Å². The minimum absolute atomic E-state index is 0.889. The molecule has 0 aliphatic heterocycles. The highest BCUT2D eigenvalue weighted by molar-refractivity contribution is 7.26. The van der Waals surface area contributed by atoms with Crippen LogP contribution in [-0.2, 0) is 0 Å². The molecule has 0 aromatic carbocycles. The number of thiophene rings is 2. The first-order valence-electron chi connectivity index (χ1n) is 8.48. The Morgan fingerprint density at radius 2 is 1.11 bits per heavy atom. The molecule has 0 atom stereocenters. The average Bonchev–Trinajstić information content (AvgIpc) is 3.37. The van der Waals surface area contributed by atoms with Gasteiger partial charge in [0, 0.05) is 35.6 Å². The number of aromatic nitrogens is 5. The number of rotatable bonds is 0. The van der Waals surface area contributed by atoms with Crippen molar-refractivity contribution in [2.75, 3.05) is 0 Å². The highest BCUT2D eigenvalue weighted by Gasteiger charge is 2.18. The zero-order chi connectivity index (χ0) is 17.5. The lowest BCUT2D eigenvalue weighted by Crippen LogP contribution is -1.79. The maximum Gasteiger partial charge on any atom is 0.115 e. The first-order chi connectivity index (χ1) is 13.4. The molecule has 0 fully saturated rings. The van der Waals surface area contributed by atoms with E-state index >= 15 is 0 Å². The first kappa shape index (κ1) is 14.0. The lowest BCUT2D eigenvalue weighted by atomic mass is 10.2. The monoisotopic (exact) mass is 383 g/mol. The van der Waals surface area contributed by atoms with E-state index in [9.17, 15) is 0 Å². The summed E-state index contributed by atoms with van der Waals surface area (Å²) in [4.78, 5) is 22.3. The molecule has 126 valence electrons. The normalized spacial score (nSPS) is 12.4. The Bertz CT molecular complexity index is 1560. The third kappa shape index (κ3) is 1.68. The van der Waals surface area contributed by atoms with E-state index in [1.807, 2.05) is 36.9 Å². The van der Waals surface area contributed by atoms with E-state index in [4.69, 9.17) is 9.97 Å². The number of aromatic amines is 1. The molecule has 5 nitrogen and oxygen atoms in total. The molecule has 7 aromatic heterocycles. The van der Waals surface area contributed by atoms with Crippen molar-refractivity contribution >= 4 is 85.3 Å². The van der Waals surface area contributed by atoms with Crippen molar-refractivity contribution in [1.82, 2.24) is 24.9 Å². The summed E-state index contributed by atoms with van der Waals surface area (Å²) < 4.78 is 4.60. The molecule has 0 bridgehead atoms. The van der Waals surface area contributed by atoms with Crippen molar-refractivity contribution in [3.8, 4) is 0 Å². The second-order valence-corrected chi connectivity index (χ2v) is 8.64. The molecule has 0 aliphatic rings. The Morgan fingerprint density at radius 1 is 0.593 bits per heavy atom. The van der Waals surface area contributed by atoms with Gasteiger partial charge in [0.25, 0.3) is 0 Å². The van der Waals surface area contributed by atoms with Crippen LogP contribution in [-0.4, -0.2) is 24.9 Å². The van der Waals surface area contributed by atoms with Crippen LogP contribution in [0.2, 0.25) is 0 Å². The van der Waals surface area contributed by atoms with Crippen LogP contribution in [0.3, 0.4) is 0 Å². The molecule has 0 saturated heterocycles. The van der Waals surface area contributed by atoms with Crippen molar-refractivity contribution in [2.45, 2.75) is 0 Å². The van der Waals surface area contributed by atoms with Crippen molar-refractivity contribution in [2.24, 2.45) is 0 Å². The maximum absolute atomic E-state index is 4.74. The summed E-state index contributed by atoms with van der Waals surface area (Å²) in [6.07, 6.45) is 7.56. The fourth-order valence-corrected chi connectivity index (χ4v) is 5.98. The largest absolute Gasteiger partial charge is 0.351 e. The molecule has 7 heteroatoms. The topological polar surface area (TPSA) is 67.3 Å². The Hall–Kier alpha value is -3.16. The van der Waals surface area contributed by atoms with Gasteiger partial charge in [-0.2, -0.15) is 0 Å². The third-order valence-corrected chi connectivity index (χ3v) is 7.17. The quantitative estimate of drug-likeness (QED) is 0.368. The molecule has 1 N–H and O–H groups in total. The fourth-order valence-electron chi connectivity index (χ4n) is 3.90. The predicted octanol–water partition coefficient (Wildman–Crippen LogP) is 5.64. The highest BCUT2D eigenvalue weighted by Crippen LogP contribution is 2.41. The Labute approximate surface area is 159 Å². The van der Waals surface area contributed by atoms with Gasteiger partial charge >= 0.3 is 0 Å². The van der Waals surface area contributed by atoms with Gasteiger partial charge in [-0.15, -0.1) is 22.7 Å². The molecule has 7 heterocycles. The Morgan fingerprint density at radius 3 is 1.63 bits per heavy atom. The van der Waals surface area contributed by atoms with Crippen molar-refractivity contribution in [3.63, 3.8) is 0 Å². The molecule has 7 aromatic rings. The van der Waals surface area contributed by atoms with Crippen LogP contribution in [0.5, 0.6) is 0 Å². The second kappa shape index (κ2) is 4.76. The van der Waals surface area contributed by atoms with Crippen molar-refractivity contribution in [3.05, 3.63) is 49.1 Å². The summed E-state index contributed by atoms with van der Waals surface area (Å²) >= 11 is 3.44. The molecular formula is C20H9N5S2. The van der Waals surface area contributed by atoms with Crippen molar-refractivity contribution in [1.29, 1.82) is 0 Å². The Kier molecular flexibility index (Phi) is 2.46. The summed E-state index contributed by atoms with van der Waals surface area (Å²) in [5, 5.41) is 2.25. The molecular weight excluding hydrogens is 374 g/mol. The number of nitrogens with zero attached hydrogens (tertiary/aromatic N) is 4. The molecule has 0 spiro atoms. The number of pyridine rings is 4. The molecule has 27 heavy (non-hydrogen) atoms. The smallest absolute Gasteiger partial charge is 0.115 e. The zero-order valence-electron chi connectivity index (χ0n) is 13.7. The maximum atomic E-state index is 4.74. The molecule has 0 saturated carbocycles. The minimum Gasteiger partial charge on any atom is -0.351 e. The van der Waals surface area contributed by atoms with E-state index in [1.54, 1.807) is 22.7 Å². The van der Waals surface area contributed by atoms with Gasteiger partial charge in [0.2, 0.25) is 0 Å². The van der Waals surface area contributed by atoms with E-state index < -0.39 is 0 Å². The van der Waals surface area contributed by atoms with E-state index in [2.05, 4.69) is 27.1 Å². The molecule has 0 radical (unpaired) electrons. The number of hydrogen-bond donors (Lipinski definition) is 1. The summed E-state index contributed by atoms with van der Waals surface area (Å²) in [6, 6.07) is 8.16. The van der Waals surface area contributed by atoms with Gasteiger partial charge in [-0.3, -0.25) is 19.9 Å². The van der Waals surface area contributed by atoms with Gasteiger partial charge in [-0.25, -0.2) is 0 Å². The van der Waals surface area contributed by atoms with Gasteiger partial charge in [-0.1, -0.05) is 0 Å². The van der Waals surface area contributed by atoms with Crippen LogP contribution < -0.4 is 0 Å². The number of H-pyrrole nitrogens is 1. The number of fused-ring (bicyclic) bond motifs is 11.